The molecule has 5 rings (SSSR count). The lowest BCUT2D eigenvalue weighted by Crippen LogP contribution is -2.81. The molecule has 65 heavy (non-hydrogen) atoms. The van der Waals surface area contributed by atoms with Crippen molar-refractivity contribution in [1.82, 2.24) is 0 Å². The quantitative estimate of drug-likeness (QED) is 0.0301. The van der Waals surface area contributed by atoms with Crippen LogP contribution in [0.5, 0.6) is 0 Å². The number of carbonyl (C=O) groups is 2. The van der Waals surface area contributed by atoms with Gasteiger partial charge in [0.25, 0.3) is 0 Å². The number of carbonyl (C=O) groups excluding carboxylic acids is 2. The average Bonchev–Trinajstić information content (AvgIpc) is 3.28. The molecule has 0 unspecified atom stereocenters. The second-order valence-corrected chi connectivity index (χ2v) is 15.2. The molecule has 350 valence electrons. The van der Waals surface area contributed by atoms with Crippen molar-refractivity contribution in [3.05, 3.63) is 152 Å². The lowest BCUT2D eigenvalue weighted by Gasteiger charge is -2.44. The molecule has 0 amide bonds. The van der Waals surface area contributed by atoms with E-state index in [2.05, 4.69) is 4.74 Å². The molecule has 0 aliphatic rings. The maximum atomic E-state index is 15.4. The Kier molecular flexibility index (Phi) is 16.1. The van der Waals surface area contributed by atoms with Crippen molar-refractivity contribution in [1.29, 1.82) is 0 Å². The van der Waals surface area contributed by atoms with Crippen LogP contribution in [0.3, 0.4) is 0 Å². The SMILES string of the molecule is COC(=O)c1ccccc1C(=O)C[S+](CCO)CCO.Fc1c(F)c(F)c([B-](c2c(F)c(F)c(F)c(F)c2F)(c2c(F)c(F)c(F)c(F)c2F)c2c(F)c(F)c(F)c(F)c2F)c(F)c1F. The van der Waals surface area contributed by atoms with Gasteiger partial charge in [-0.1, -0.05) is 18.2 Å². The number of Topliss-reactive ketones (excluding diaryl/α,β-unsaturated/α-hetero) is 1. The maximum Gasteiger partial charge on any atom is 0.338 e. The van der Waals surface area contributed by atoms with E-state index in [0.717, 1.165) is 0 Å². The van der Waals surface area contributed by atoms with Crippen LogP contribution in [0, 0.1) is 116 Å². The molecule has 0 fully saturated rings. The zero-order valence-corrected chi connectivity index (χ0v) is 32.3. The number of halogens is 20. The molecule has 0 aliphatic heterocycles. The van der Waals surface area contributed by atoms with E-state index in [-0.39, 0.29) is 41.2 Å². The molecule has 0 heterocycles. The molecule has 0 aromatic heterocycles. The average molecular weight is 978 g/mol. The molecule has 5 nitrogen and oxygen atoms in total. The number of benzene rings is 5. The summed E-state index contributed by atoms with van der Waals surface area (Å²) < 4.78 is 299. The summed E-state index contributed by atoms with van der Waals surface area (Å²) in [6, 6.07) is 6.50. The van der Waals surface area contributed by atoms with Gasteiger partial charge < -0.3 is 14.9 Å². The third-order valence-electron chi connectivity index (χ3n) is 9.44. The number of methoxy groups -OCH3 is 1. The number of hydrogen-bond acceptors (Lipinski definition) is 5. The molecule has 5 aromatic carbocycles. The first kappa shape index (κ1) is 51.8. The molecule has 5 aromatic rings. The Morgan fingerprint density at radius 3 is 0.892 bits per heavy atom. The highest BCUT2D eigenvalue weighted by molar-refractivity contribution is 7.97. The molecular weight excluding hydrogens is 959 g/mol. The summed E-state index contributed by atoms with van der Waals surface area (Å²) in [5.74, 6) is -70.9. The molecule has 0 bridgehead atoms. The Hall–Kier alpha value is -5.83. The molecule has 0 spiro atoms. The number of esters is 1. The Morgan fingerprint density at radius 1 is 0.431 bits per heavy atom. The van der Waals surface area contributed by atoms with E-state index in [1.165, 1.54) is 7.11 Å². The predicted octanol–water partition coefficient (Wildman–Crippen LogP) is 6.10. The largest absolute Gasteiger partial charge is 0.465 e. The Labute approximate surface area is 352 Å². The van der Waals surface area contributed by atoms with Crippen LogP contribution in [0.1, 0.15) is 20.7 Å². The van der Waals surface area contributed by atoms with Crippen LogP contribution in [-0.2, 0) is 15.6 Å². The van der Waals surface area contributed by atoms with Gasteiger partial charge in [-0.2, -0.15) is 0 Å². The van der Waals surface area contributed by atoms with E-state index < -0.39 is 150 Å². The standard InChI is InChI=1S/C24BF20.C14H19O5S/c26-5-1(6(27)14(35)21(42)13(5)34)25(2-7(28)15(36)22(43)16(37)8(2)29,3-9(30)17(38)23(44)18(39)10(3)31)4-11(32)19(40)24(45)20(41)12(4)33;1-19-14(18)12-5-3-2-4-11(12)13(17)10-20(8-6-15)9-7-16/h;2-5,15-16H,6-10H2,1H3/q-1;+1. The van der Waals surface area contributed by atoms with Gasteiger partial charge in [0, 0.05) is 16.5 Å². The maximum absolute atomic E-state index is 15.4. The van der Waals surface area contributed by atoms with Crippen molar-refractivity contribution in [2.45, 2.75) is 0 Å². The Morgan fingerprint density at radius 2 is 0.662 bits per heavy atom. The number of hydrogen-bond donors (Lipinski definition) is 2. The summed E-state index contributed by atoms with van der Waals surface area (Å²) in [4.78, 5) is 23.9. The first-order valence-electron chi connectivity index (χ1n) is 17.1. The van der Waals surface area contributed by atoms with E-state index in [4.69, 9.17) is 10.2 Å². The van der Waals surface area contributed by atoms with Crippen molar-refractivity contribution >= 4 is 50.6 Å². The summed E-state index contributed by atoms with van der Waals surface area (Å²) in [5.41, 5.74) is -13.8. The van der Waals surface area contributed by atoms with Crippen LogP contribution >= 0.6 is 0 Å². The highest BCUT2D eigenvalue weighted by Crippen LogP contribution is 2.31. The fourth-order valence-electron chi connectivity index (χ4n) is 6.66. The molecular formula is C38H19BF20O5S. The third-order valence-corrected chi connectivity index (χ3v) is 11.6. The van der Waals surface area contributed by atoms with Crippen molar-refractivity contribution in [3.63, 3.8) is 0 Å². The molecule has 0 saturated carbocycles. The number of ketones is 1. The summed E-state index contributed by atoms with van der Waals surface area (Å²) in [6.45, 7) is -0.0376. The first-order chi connectivity index (χ1) is 30.3. The first-order valence-corrected chi connectivity index (χ1v) is 18.9. The van der Waals surface area contributed by atoms with Gasteiger partial charge in [0.2, 0.25) is 5.78 Å². The highest BCUT2D eigenvalue weighted by Gasteiger charge is 2.52. The molecule has 0 atom stereocenters. The zero-order chi connectivity index (χ0) is 49.3. The summed E-state index contributed by atoms with van der Waals surface area (Å²) >= 11 is 0. The number of aliphatic hydroxyl groups excluding tert-OH is 2. The van der Waals surface area contributed by atoms with Gasteiger partial charge in [0.15, 0.2) is 75.6 Å². The van der Waals surface area contributed by atoms with Gasteiger partial charge >= 0.3 is 5.97 Å². The molecule has 0 saturated heterocycles. The fraction of sp³-hybridized carbons (Fsp3) is 0.158. The van der Waals surface area contributed by atoms with Crippen molar-refractivity contribution in [2.24, 2.45) is 0 Å². The lowest BCUT2D eigenvalue weighted by molar-refractivity contribution is 0.0597. The lowest BCUT2D eigenvalue weighted by atomic mass is 9.12. The number of ether oxygens (including phenoxy) is 1. The van der Waals surface area contributed by atoms with Crippen LogP contribution in [0.15, 0.2) is 24.3 Å². The van der Waals surface area contributed by atoms with Gasteiger partial charge in [-0.3, -0.25) is 4.79 Å². The second-order valence-electron chi connectivity index (χ2n) is 12.9. The minimum absolute atomic E-state index is 0.0188. The van der Waals surface area contributed by atoms with Gasteiger partial charge in [-0.05, 0) is 6.07 Å². The molecule has 0 radical (unpaired) electrons. The fourth-order valence-corrected chi connectivity index (χ4v) is 8.19. The Bertz CT molecular complexity index is 2330. The van der Waals surface area contributed by atoms with E-state index in [0.29, 0.717) is 17.1 Å². The topological polar surface area (TPSA) is 83.8 Å². The minimum atomic E-state index is -7.22. The van der Waals surface area contributed by atoms with Gasteiger partial charge in [-0.15, -0.1) is 21.9 Å². The summed E-state index contributed by atoms with van der Waals surface area (Å²) in [6.07, 6.45) is -7.22. The van der Waals surface area contributed by atoms with Gasteiger partial charge in [-0.25, -0.2) is 92.6 Å². The molecule has 27 heteroatoms. The third kappa shape index (κ3) is 8.71. The van der Waals surface area contributed by atoms with Crippen LogP contribution in [0.2, 0.25) is 0 Å². The normalized spacial score (nSPS) is 11.6. The monoisotopic (exact) mass is 978 g/mol. The van der Waals surface area contributed by atoms with Crippen LogP contribution < -0.4 is 21.9 Å². The van der Waals surface area contributed by atoms with Crippen molar-refractivity contribution < 1.29 is 112 Å². The predicted molar refractivity (Wildman–Crippen MR) is 187 cm³/mol. The van der Waals surface area contributed by atoms with Crippen molar-refractivity contribution in [3.8, 4) is 0 Å². The van der Waals surface area contributed by atoms with Crippen LogP contribution in [-0.4, -0.2) is 65.7 Å². The number of aliphatic hydroxyl groups is 2. The second kappa shape index (κ2) is 20.1. The van der Waals surface area contributed by atoms with Crippen LogP contribution in [0.4, 0.5) is 87.8 Å². The summed E-state index contributed by atoms with van der Waals surface area (Å²) in [7, 11) is 0.889. The van der Waals surface area contributed by atoms with Gasteiger partial charge in [0.05, 0.1) is 25.9 Å². The van der Waals surface area contributed by atoms with Gasteiger partial charge in [0.1, 0.15) is 64.2 Å². The molecule has 2 N–H and O–H groups in total. The minimum Gasteiger partial charge on any atom is -0.465 e. The smallest absolute Gasteiger partial charge is 0.338 e. The van der Waals surface area contributed by atoms with Crippen LogP contribution in [0.25, 0.3) is 0 Å². The van der Waals surface area contributed by atoms with Crippen molar-refractivity contribution in [2.75, 3.05) is 37.6 Å². The van der Waals surface area contributed by atoms with E-state index in [1.807, 2.05) is 0 Å². The Balaban J connectivity index is 0.000000387. The molecule has 0 aliphatic carbocycles. The zero-order valence-electron chi connectivity index (χ0n) is 31.5. The summed E-state index contributed by atoms with van der Waals surface area (Å²) in [5, 5.41) is 17.9. The van der Waals surface area contributed by atoms with E-state index >= 15 is 35.1 Å². The van der Waals surface area contributed by atoms with E-state index in [1.54, 1.807) is 24.3 Å². The highest BCUT2D eigenvalue weighted by atomic mass is 32.2. The number of rotatable bonds is 12. The van der Waals surface area contributed by atoms with E-state index in [9.17, 15) is 62.3 Å².